The SMILES string of the molecule is CCCN1CCC(N)C1c1ccccc1OC. The summed E-state index contributed by atoms with van der Waals surface area (Å²) in [5.41, 5.74) is 7.49. The Balaban J connectivity index is 2.29. The zero-order chi connectivity index (χ0) is 12.3. The number of nitrogens with two attached hydrogens (primary N) is 1. The maximum atomic E-state index is 6.26. The van der Waals surface area contributed by atoms with E-state index in [0.29, 0.717) is 6.04 Å². The minimum Gasteiger partial charge on any atom is -0.496 e. The third-order valence-electron chi connectivity index (χ3n) is 3.52. The Kier molecular flexibility index (Phi) is 4.02. The second-order valence-corrected chi connectivity index (χ2v) is 4.68. The van der Waals surface area contributed by atoms with Crippen LogP contribution >= 0.6 is 0 Å². The van der Waals surface area contributed by atoms with E-state index in [1.807, 2.05) is 12.1 Å². The number of para-hydroxylation sites is 1. The lowest BCUT2D eigenvalue weighted by molar-refractivity contribution is 0.242. The molecule has 1 aromatic carbocycles. The minimum absolute atomic E-state index is 0.220. The molecule has 1 aromatic rings. The van der Waals surface area contributed by atoms with Crippen molar-refractivity contribution in [3.63, 3.8) is 0 Å². The average molecular weight is 234 g/mol. The fourth-order valence-electron chi connectivity index (χ4n) is 2.76. The van der Waals surface area contributed by atoms with Crippen molar-refractivity contribution < 1.29 is 4.74 Å². The molecule has 94 valence electrons. The molecule has 1 saturated heterocycles. The molecule has 1 aliphatic heterocycles. The van der Waals surface area contributed by atoms with Gasteiger partial charge in [0.1, 0.15) is 5.75 Å². The predicted molar refractivity (Wildman–Crippen MR) is 70.2 cm³/mol. The van der Waals surface area contributed by atoms with Gasteiger partial charge in [0, 0.05) is 18.2 Å². The monoisotopic (exact) mass is 234 g/mol. The third-order valence-corrected chi connectivity index (χ3v) is 3.52. The summed E-state index contributed by atoms with van der Waals surface area (Å²) in [6, 6.07) is 8.76. The molecule has 0 saturated carbocycles. The van der Waals surface area contributed by atoms with Crippen LogP contribution in [0.4, 0.5) is 0 Å². The number of hydrogen-bond donors (Lipinski definition) is 1. The molecular formula is C14H22N2O. The molecule has 1 heterocycles. The van der Waals surface area contributed by atoms with Gasteiger partial charge in [-0.25, -0.2) is 0 Å². The van der Waals surface area contributed by atoms with Gasteiger partial charge >= 0.3 is 0 Å². The standard InChI is InChI=1S/C14H22N2O/c1-3-9-16-10-8-12(15)14(16)11-6-4-5-7-13(11)17-2/h4-7,12,14H,3,8-10,15H2,1-2H3. The van der Waals surface area contributed by atoms with E-state index in [2.05, 4.69) is 24.0 Å². The van der Waals surface area contributed by atoms with Gasteiger partial charge in [-0.05, 0) is 25.5 Å². The summed E-state index contributed by atoms with van der Waals surface area (Å²) in [6.07, 6.45) is 2.24. The number of benzene rings is 1. The van der Waals surface area contributed by atoms with Gasteiger partial charge in [-0.2, -0.15) is 0 Å². The normalized spacial score (nSPS) is 25.1. The van der Waals surface area contributed by atoms with Crippen molar-refractivity contribution in [2.75, 3.05) is 20.2 Å². The molecule has 3 heteroatoms. The van der Waals surface area contributed by atoms with Crippen LogP contribution in [0.15, 0.2) is 24.3 Å². The molecule has 0 amide bonds. The van der Waals surface area contributed by atoms with Gasteiger partial charge in [0.25, 0.3) is 0 Å². The van der Waals surface area contributed by atoms with Crippen LogP contribution in [-0.4, -0.2) is 31.1 Å². The first-order valence-corrected chi connectivity index (χ1v) is 6.40. The first-order chi connectivity index (χ1) is 8.27. The Labute approximate surface area is 104 Å². The van der Waals surface area contributed by atoms with Gasteiger partial charge in [-0.15, -0.1) is 0 Å². The predicted octanol–water partition coefficient (Wildman–Crippen LogP) is 2.18. The highest BCUT2D eigenvalue weighted by Gasteiger charge is 2.33. The largest absolute Gasteiger partial charge is 0.496 e. The fraction of sp³-hybridized carbons (Fsp3) is 0.571. The maximum absolute atomic E-state index is 6.26. The molecule has 0 aromatic heterocycles. The number of methoxy groups -OCH3 is 1. The lowest BCUT2D eigenvalue weighted by Crippen LogP contribution is -2.32. The van der Waals surface area contributed by atoms with Gasteiger partial charge in [0.05, 0.1) is 13.2 Å². The Morgan fingerprint density at radius 3 is 2.88 bits per heavy atom. The van der Waals surface area contributed by atoms with Crippen LogP contribution in [0.5, 0.6) is 5.75 Å². The highest BCUT2D eigenvalue weighted by atomic mass is 16.5. The van der Waals surface area contributed by atoms with Crippen LogP contribution in [0, 0.1) is 0 Å². The van der Waals surface area contributed by atoms with Crippen LogP contribution in [0.2, 0.25) is 0 Å². The quantitative estimate of drug-likeness (QED) is 0.868. The molecule has 17 heavy (non-hydrogen) atoms. The third kappa shape index (κ3) is 2.45. The Morgan fingerprint density at radius 1 is 1.41 bits per heavy atom. The Bertz CT molecular complexity index is 365. The van der Waals surface area contributed by atoms with E-state index in [1.165, 1.54) is 12.0 Å². The van der Waals surface area contributed by atoms with Crippen molar-refractivity contribution in [3.8, 4) is 5.75 Å². The van der Waals surface area contributed by atoms with Crippen molar-refractivity contribution in [1.82, 2.24) is 4.90 Å². The molecule has 3 nitrogen and oxygen atoms in total. The molecule has 2 N–H and O–H groups in total. The first kappa shape index (κ1) is 12.4. The molecule has 1 aliphatic rings. The molecule has 0 bridgehead atoms. The van der Waals surface area contributed by atoms with Gasteiger partial charge in [0.2, 0.25) is 0 Å². The van der Waals surface area contributed by atoms with Crippen molar-refractivity contribution in [2.24, 2.45) is 5.73 Å². The molecule has 0 radical (unpaired) electrons. The molecule has 1 fully saturated rings. The van der Waals surface area contributed by atoms with E-state index in [1.54, 1.807) is 7.11 Å². The van der Waals surface area contributed by atoms with Gasteiger partial charge in [-0.3, -0.25) is 4.90 Å². The number of likely N-dealkylation sites (tertiary alicyclic amines) is 1. The first-order valence-electron chi connectivity index (χ1n) is 6.40. The van der Waals surface area contributed by atoms with Gasteiger partial charge in [-0.1, -0.05) is 25.1 Å². The molecule has 2 atom stereocenters. The highest BCUT2D eigenvalue weighted by Crippen LogP contribution is 2.36. The molecule has 2 rings (SSSR count). The number of hydrogen-bond acceptors (Lipinski definition) is 3. The van der Waals surface area contributed by atoms with E-state index < -0.39 is 0 Å². The van der Waals surface area contributed by atoms with Crippen LogP contribution in [-0.2, 0) is 0 Å². The molecule has 0 spiro atoms. The van der Waals surface area contributed by atoms with Crippen LogP contribution in [0.25, 0.3) is 0 Å². The number of ether oxygens (including phenoxy) is 1. The second-order valence-electron chi connectivity index (χ2n) is 4.68. The van der Waals surface area contributed by atoms with E-state index in [4.69, 9.17) is 10.5 Å². The van der Waals surface area contributed by atoms with Crippen molar-refractivity contribution in [3.05, 3.63) is 29.8 Å². The molecule has 2 unspecified atom stereocenters. The van der Waals surface area contributed by atoms with Crippen LogP contribution in [0.3, 0.4) is 0 Å². The maximum Gasteiger partial charge on any atom is 0.123 e. The highest BCUT2D eigenvalue weighted by molar-refractivity contribution is 5.37. The zero-order valence-corrected chi connectivity index (χ0v) is 10.7. The molecular weight excluding hydrogens is 212 g/mol. The second kappa shape index (κ2) is 5.52. The fourth-order valence-corrected chi connectivity index (χ4v) is 2.76. The number of rotatable bonds is 4. The summed E-state index contributed by atoms with van der Waals surface area (Å²) >= 11 is 0. The van der Waals surface area contributed by atoms with Crippen LogP contribution < -0.4 is 10.5 Å². The average Bonchev–Trinajstić information content (AvgIpc) is 2.71. The lowest BCUT2D eigenvalue weighted by atomic mass is 9.99. The summed E-state index contributed by atoms with van der Waals surface area (Å²) in [7, 11) is 1.73. The van der Waals surface area contributed by atoms with E-state index in [9.17, 15) is 0 Å². The van der Waals surface area contributed by atoms with Gasteiger partial charge < -0.3 is 10.5 Å². The summed E-state index contributed by atoms with van der Waals surface area (Å²) in [5.74, 6) is 0.955. The van der Waals surface area contributed by atoms with E-state index >= 15 is 0 Å². The van der Waals surface area contributed by atoms with Gasteiger partial charge in [0.15, 0.2) is 0 Å². The van der Waals surface area contributed by atoms with Crippen LogP contribution in [0.1, 0.15) is 31.4 Å². The van der Waals surface area contributed by atoms with E-state index in [-0.39, 0.29) is 6.04 Å². The smallest absolute Gasteiger partial charge is 0.123 e. The van der Waals surface area contributed by atoms with Crippen molar-refractivity contribution in [1.29, 1.82) is 0 Å². The Hall–Kier alpha value is -1.06. The van der Waals surface area contributed by atoms with E-state index in [0.717, 1.165) is 25.3 Å². The van der Waals surface area contributed by atoms with Crippen molar-refractivity contribution in [2.45, 2.75) is 31.8 Å². The lowest BCUT2D eigenvalue weighted by Gasteiger charge is -2.27. The zero-order valence-electron chi connectivity index (χ0n) is 10.7. The Morgan fingerprint density at radius 2 is 2.18 bits per heavy atom. The van der Waals surface area contributed by atoms with Crippen molar-refractivity contribution >= 4 is 0 Å². The summed E-state index contributed by atoms with van der Waals surface area (Å²) in [5, 5.41) is 0. The summed E-state index contributed by atoms with van der Waals surface area (Å²) in [4.78, 5) is 2.47. The topological polar surface area (TPSA) is 38.5 Å². The summed E-state index contributed by atoms with van der Waals surface area (Å²) in [6.45, 7) is 4.41. The number of nitrogens with zero attached hydrogens (tertiary/aromatic N) is 1. The minimum atomic E-state index is 0.220. The summed E-state index contributed by atoms with van der Waals surface area (Å²) < 4.78 is 5.45. The molecule has 0 aliphatic carbocycles.